The number of rotatable bonds is 2. The van der Waals surface area contributed by atoms with Gasteiger partial charge in [-0.3, -0.25) is 4.68 Å². The molecule has 1 heterocycles. The minimum absolute atomic E-state index is 0.334. The van der Waals surface area contributed by atoms with Gasteiger partial charge in [-0.1, -0.05) is 15.9 Å². The first-order valence-corrected chi connectivity index (χ1v) is 7.31. The molecule has 1 aromatic heterocycles. The smallest absolute Gasteiger partial charge is 0.0924 e. The summed E-state index contributed by atoms with van der Waals surface area (Å²) in [6.45, 7) is 0.334. The molecule has 0 unspecified atom stereocenters. The van der Waals surface area contributed by atoms with Crippen molar-refractivity contribution in [1.29, 1.82) is 0 Å². The molecule has 0 spiro atoms. The fourth-order valence-electron chi connectivity index (χ4n) is 2.79. The largest absolute Gasteiger partial charge is 0.396 e. The van der Waals surface area contributed by atoms with E-state index in [4.69, 9.17) is 5.11 Å². The zero-order valence-corrected chi connectivity index (χ0v) is 11.8. The fourth-order valence-corrected chi connectivity index (χ4v) is 3.17. The van der Waals surface area contributed by atoms with Crippen LogP contribution in [0.25, 0.3) is 10.9 Å². The molecular weight excluding hydrogens is 292 g/mol. The van der Waals surface area contributed by atoms with Gasteiger partial charge < -0.3 is 5.11 Å². The van der Waals surface area contributed by atoms with Crippen LogP contribution < -0.4 is 0 Å². The molecule has 3 nitrogen and oxygen atoms in total. The van der Waals surface area contributed by atoms with Crippen LogP contribution in [0, 0.1) is 5.92 Å². The van der Waals surface area contributed by atoms with E-state index in [1.54, 1.807) is 0 Å². The highest BCUT2D eigenvalue weighted by Gasteiger charge is 2.22. The lowest BCUT2D eigenvalue weighted by molar-refractivity contribution is 0.165. The van der Waals surface area contributed by atoms with Crippen LogP contribution in [0.2, 0.25) is 0 Å². The number of aliphatic hydroxyl groups excluding tert-OH is 1. The maximum Gasteiger partial charge on any atom is 0.0924 e. The zero-order valence-electron chi connectivity index (χ0n) is 10.2. The van der Waals surface area contributed by atoms with Crippen molar-refractivity contribution < 1.29 is 5.11 Å². The van der Waals surface area contributed by atoms with Gasteiger partial charge in [0.2, 0.25) is 0 Å². The number of hydrogen-bond donors (Lipinski definition) is 1. The van der Waals surface area contributed by atoms with Gasteiger partial charge in [0.25, 0.3) is 0 Å². The topological polar surface area (TPSA) is 38.0 Å². The van der Waals surface area contributed by atoms with Crippen LogP contribution in [-0.2, 0) is 0 Å². The van der Waals surface area contributed by atoms with Crippen molar-refractivity contribution in [3.63, 3.8) is 0 Å². The Morgan fingerprint density at radius 3 is 2.78 bits per heavy atom. The number of hydrogen-bond acceptors (Lipinski definition) is 2. The molecule has 0 bridgehead atoms. The first-order valence-electron chi connectivity index (χ1n) is 6.51. The van der Waals surface area contributed by atoms with Gasteiger partial charge in [-0.25, -0.2) is 0 Å². The number of aliphatic hydroxyl groups is 1. The van der Waals surface area contributed by atoms with Gasteiger partial charge >= 0.3 is 0 Å². The van der Waals surface area contributed by atoms with Crippen molar-refractivity contribution in [2.75, 3.05) is 6.61 Å². The van der Waals surface area contributed by atoms with Crippen LogP contribution in [0.3, 0.4) is 0 Å². The van der Waals surface area contributed by atoms with Crippen LogP contribution in [-0.4, -0.2) is 21.5 Å². The normalized spacial score (nSPS) is 24.6. The summed E-state index contributed by atoms with van der Waals surface area (Å²) < 4.78 is 3.21. The van der Waals surface area contributed by atoms with Crippen LogP contribution in [0.15, 0.2) is 28.9 Å². The van der Waals surface area contributed by atoms with Crippen LogP contribution >= 0.6 is 15.9 Å². The number of halogens is 1. The second-order valence-corrected chi connectivity index (χ2v) is 6.09. The summed E-state index contributed by atoms with van der Waals surface area (Å²) in [7, 11) is 0. The van der Waals surface area contributed by atoms with Gasteiger partial charge in [0, 0.05) is 22.7 Å². The van der Waals surface area contributed by atoms with Gasteiger partial charge in [0.1, 0.15) is 0 Å². The standard InChI is InChI=1S/C14H17BrN2O/c15-12-3-6-14-11(7-12)8-17(16-14)13-4-1-10(9-18)2-5-13/h3,6-8,10,13,18H,1-2,4-5,9H2/t10-,13-. The molecule has 1 aliphatic carbocycles. The minimum atomic E-state index is 0.334. The Labute approximate surface area is 115 Å². The summed E-state index contributed by atoms with van der Waals surface area (Å²) >= 11 is 3.49. The van der Waals surface area contributed by atoms with E-state index in [1.807, 2.05) is 6.07 Å². The van der Waals surface area contributed by atoms with Crippen molar-refractivity contribution in [1.82, 2.24) is 9.78 Å². The van der Waals surface area contributed by atoms with E-state index in [2.05, 4.69) is 44.0 Å². The van der Waals surface area contributed by atoms with E-state index in [0.717, 1.165) is 35.7 Å². The molecule has 2 aromatic rings. The molecule has 0 atom stereocenters. The highest BCUT2D eigenvalue weighted by molar-refractivity contribution is 9.10. The van der Waals surface area contributed by atoms with Gasteiger partial charge in [0.05, 0.1) is 11.6 Å². The summed E-state index contributed by atoms with van der Waals surface area (Å²) in [5.74, 6) is 0.500. The zero-order chi connectivity index (χ0) is 12.5. The summed E-state index contributed by atoms with van der Waals surface area (Å²) in [5.41, 5.74) is 1.06. The highest BCUT2D eigenvalue weighted by Crippen LogP contribution is 2.32. The SMILES string of the molecule is OC[C@H]1CC[C@H](n2cc3cc(Br)ccc3n2)CC1. The average Bonchev–Trinajstić information content (AvgIpc) is 2.81. The molecule has 1 saturated carbocycles. The Kier molecular flexibility index (Phi) is 3.39. The molecule has 96 valence electrons. The maximum atomic E-state index is 9.17. The Balaban J connectivity index is 1.82. The Bertz CT molecular complexity index is 544. The Morgan fingerprint density at radius 2 is 2.06 bits per heavy atom. The van der Waals surface area contributed by atoms with Gasteiger partial charge in [-0.05, 0) is 49.8 Å². The van der Waals surface area contributed by atoms with Crippen molar-refractivity contribution >= 4 is 26.8 Å². The quantitative estimate of drug-likeness (QED) is 0.921. The first kappa shape index (κ1) is 12.2. The third kappa shape index (κ3) is 2.31. The molecule has 1 N–H and O–H groups in total. The third-order valence-electron chi connectivity index (χ3n) is 3.93. The van der Waals surface area contributed by atoms with E-state index in [1.165, 1.54) is 5.39 Å². The molecule has 1 aliphatic rings. The molecule has 1 fully saturated rings. The summed E-state index contributed by atoms with van der Waals surface area (Å²) in [6, 6.07) is 6.69. The number of fused-ring (bicyclic) bond motifs is 1. The molecule has 0 aliphatic heterocycles. The lowest BCUT2D eigenvalue weighted by atomic mass is 9.87. The Morgan fingerprint density at radius 1 is 1.28 bits per heavy atom. The maximum absolute atomic E-state index is 9.17. The predicted molar refractivity (Wildman–Crippen MR) is 75.5 cm³/mol. The van der Waals surface area contributed by atoms with Gasteiger partial charge in [0.15, 0.2) is 0 Å². The van der Waals surface area contributed by atoms with Crippen molar-refractivity contribution in [3.8, 4) is 0 Å². The molecule has 18 heavy (non-hydrogen) atoms. The van der Waals surface area contributed by atoms with Crippen LogP contribution in [0.4, 0.5) is 0 Å². The van der Waals surface area contributed by atoms with Crippen molar-refractivity contribution in [3.05, 3.63) is 28.9 Å². The second-order valence-electron chi connectivity index (χ2n) is 5.17. The third-order valence-corrected chi connectivity index (χ3v) is 4.43. The molecule has 0 radical (unpaired) electrons. The lowest BCUT2D eigenvalue weighted by Crippen LogP contribution is -2.20. The second kappa shape index (κ2) is 5.02. The minimum Gasteiger partial charge on any atom is -0.396 e. The predicted octanol–water partition coefficient (Wildman–Crippen LogP) is 3.52. The molecule has 4 heteroatoms. The fraction of sp³-hybridized carbons (Fsp3) is 0.500. The van der Waals surface area contributed by atoms with Gasteiger partial charge in [-0.15, -0.1) is 0 Å². The molecule has 0 saturated heterocycles. The number of nitrogens with zero attached hydrogens (tertiary/aromatic N) is 2. The molecule has 3 rings (SSSR count). The molecule has 1 aromatic carbocycles. The van der Waals surface area contributed by atoms with Gasteiger partial charge in [-0.2, -0.15) is 5.10 Å². The van der Waals surface area contributed by atoms with Crippen LogP contribution in [0.1, 0.15) is 31.7 Å². The van der Waals surface area contributed by atoms with E-state index in [0.29, 0.717) is 18.6 Å². The Hall–Kier alpha value is -0.870. The van der Waals surface area contributed by atoms with Crippen molar-refractivity contribution in [2.24, 2.45) is 5.92 Å². The lowest BCUT2D eigenvalue weighted by Gasteiger charge is -2.27. The molecular formula is C14H17BrN2O. The van der Waals surface area contributed by atoms with E-state index in [-0.39, 0.29) is 0 Å². The summed E-state index contributed by atoms with van der Waals surface area (Å²) in [4.78, 5) is 0. The summed E-state index contributed by atoms with van der Waals surface area (Å²) in [5, 5.41) is 15.0. The van der Waals surface area contributed by atoms with E-state index >= 15 is 0 Å². The number of benzene rings is 1. The first-order chi connectivity index (χ1) is 8.76. The van der Waals surface area contributed by atoms with E-state index in [9.17, 15) is 0 Å². The summed E-state index contributed by atoms with van der Waals surface area (Å²) in [6.07, 6.45) is 6.62. The van der Waals surface area contributed by atoms with Crippen molar-refractivity contribution in [2.45, 2.75) is 31.7 Å². The van der Waals surface area contributed by atoms with Crippen LogP contribution in [0.5, 0.6) is 0 Å². The molecule has 0 amide bonds. The number of aromatic nitrogens is 2. The monoisotopic (exact) mass is 308 g/mol. The van der Waals surface area contributed by atoms with E-state index < -0.39 is 0 Å². The average molecular weight is 309 g/mol. The highest BCUT2D eigenvalue weighted by atomic mass is 79.9.